The molecular weight excluding hydrogens is 244 g/mol. The Bertz CT molecular complexity index is 448. The van der Waals surface area contributed by atoms with E-state index in [-0.39, 0.29) is 17.7 Å². The minimum absolute atomic E-state index is 0.0488. The summed E-state index contributed by atoms with van der Waals surface area (Å²) < 4.78 is 0. The number of fused-ring (bicyclic) bond motifs is 1. The van der Waals surface area contributed by atoms with Crippen LogP contribution in [0.1, 0.15) is 18.1 Å². The molecule has 1 unspecified atom stereocenters. The van der Waals surface area contributed by atoms with Gasteiger partial charge in [-0.1, -0.05) is 43.4 Å². The lowest BCUT2D eigenvalue weighted by molar-refractivity contribution is -0.124. The molecule has 0 fully saturated rings. The molecule has 0 bridgehead atoms. The lowest BCUT2D eigenvalue weighted by atomic mass is 10.1. The number of nitrogens with one attached hydrogen (secondary N) is 1. The highest BCUT2D eigenvalue weighted by molar-refractivity contribution is 7.80. The molecule has 0 aromatic heterocycles. The Hall–Kier alpha value is -1.42. The number of thiocarbonyl (C=S) groups is 1. The van der Waals surface area contributed by atoms with E-state index in [4.69, 9.17) is 18.0 Å². The fourth-order valence-corrected chi connectivity index (χ4v) is 2.33. The van der Waals surface area contributed by atoms with Crippen molar-refractivity contribution >= 4 is 23.1 Å². The van der Waals surface area contributed by atoms with Crippen molar-refractivity contribution in [1.29, 1.82) is 0 Å². The first kappa shape index (κ1) is 13.0. The van der Waals surface area contributed by atoms with Crippen LogP contribution in [0.15, 0.2) is 24.3 Å². The zero-order chi connectivity index (χ0) is 13.1. The maximum atomic E-state index is 12.0. The third-order valence-corrected chi connectivity index (χ3v) is 3.89. The summed E-state index contributed by atoms with van der Waals surface area (Å²) >= 11 is 4.89. The molecule has 0 saturated carbocycles. The van der Waals surface area contributed by atoms with E-state index < -0.39 is 0 Å². The Morgan fingerprint density at radius 1 is 1.44 bits per heavy atom. The molecule has 1 amide bonds. The van der Waals surface area contributed by atoms with E-state index >= 15 is 0 Å². The number of hydrogen-bond acceptors (Lipinski definition) is 2. The molecular formula is C14H18N2OS. The minimum atomic E-state index is 0.0488. The summed E-state index contributed by atoms with van der Waals surface area (Å²) in [6.07, 6.45) is 1.67. The highest BCUT2D eigenvalue weighted by Gasteiger charge is 2.26. The number of hydrogen-bond donors (Lipinski definition) is 2. The van der Waals surface area contributed by atoms with Crippen molar-refractivity contribution in [3.05, 3.63) is 35.4 Å². The fourth-order valence-electron chi connectivity index (χ4n) is 2.24. The Morgan fingerprint density at radius 2 is 2.00 bits per heavy atom. The van der Waals surface area contributed by atoms with Crippen LogP contribution in [0.4, 0.5) is 0 Å². The SMILES string of the molecule is CC(CNC(=O)C1Cc2ccccc2C1)C(N)=S. The van der Waals surface area contributed by atoms with Crippen LogP contribution in [-0.2, 0) is 17.6 Å². The Kier molecular flexibility index (Phi) is 3.97. The van der Waals surface area contributed by atoms with Gasteiger partial charge in [0.15, 0.2) is 0 Å². The smallest absolute Gasteiger partial charge is 0.223 e. The second-order valence-electron chi connectivity index (χ2n) is 4.92. The van der Waals surface area contributed by atoms with Crippen LogP contribution in [0.25, 0.3) is 0 Å². The van der Waals surface area contributed by atoms with E-state index in [1.807, 2.05) is 19.1 Å². The minimum Gasteiger partial charge on any atom is -0.393 e. The van der Waals surface area contributed by atoms with Crippen molar-refractivity contribution < 1.29 is 4.79 Å². The first-order valence-corrected chi connectivity index (χ1v) is 6.62. The molecule has 0 radical (unpaired) electrons. The summed E-state index contributed by atoms with van der Waals surface area (Å²) in [6, 6.07) is 8.24. The van der Waals surface area contributed by atoms with Crippen molar-refractivity contribution in [1.82, 2.24) is 5.32 Å². The Balaban J connectivity index is 1.88. The second kappa shape index (κ2) is 5.48. The van der Waals surface area contributed by atoms with Crippen LogP contribution in [0.2, 0.25) is 0 Å². The van der Waals surface area contributed by atoms with Gasteiger partial charge in [0.2, 0.25) is 5.91 Å². The molecule has 0 aliphatic heterocycles. The van der Waals surface area contributed by atoms with Crippen molar-refractivity contribution in [3.63, 3.8) is 0 Å². The fraction of sp³-hybridized carbons (Fsp3) is 0.429. The second-order valence-corrected chi connectivity index (χ2v) is 5.39. The quantitative estimate of drug-likeness (QED) is 0.807. The van der Waals surface area contributed by atoms with Crippen LogP contribution in [0.5, 0.6) is 0 Å². The first-order valence-electron chi connectivity index (χ1n) is 6.21. The maximum absolute atomic E-state index is 12.0. The standard InChI is InChI=1S/C14H18N2OS/c1-9(13(15)18)8-16-14(17)12-6-10-4-2-3-5-11(10)7-12/h2-5,9,12H,6-8H2,1H3,(H2,15,18)(H,16,17). The van der Waals surface area contributed by atoms with E-state index in [1.165, 1.54) is 11.1 Å². The highest BCUT2D eigenvalue weighted by Crippen LogP contribution is 2.26. The van der Waals surface area contributed by atoms with E-state index in [0.29, 0.717) is 11.5 Å². The topological polar surface area (TPSA) is 55.1 Å². The van der Waals surface area contributed by atoms with Crippen molar-refractivity contribution in [2.24, 2.45) is 17.6 Å². The average molecular weight is 262 g/mol. The van der Waals surface area contributed by atoms with Gasteiger partial charge in [-0.15, -0.1) is 0 Å². The van der Waals surface area contributed by atoms with Gasteiger partial charge in [0.25, 0.3) is 0 Å². The van der Waals surface area contributed by atoms with Gasteiger partial charge in [0.1, 0.15) is 0 Å². The zero-order valence-corrected chi connectivity index (χ0v) is 11.3. The molecule has 18 heavy (non-hydrogen) atoms. The molecule has 1 aromatic rings. The van der Waals surface area contributed by atoms with Crippen molar-refractivity contribution in [2.75, 3.05) is 6.54 Å². The van der Waals surface area contributed by atoms with Crippen LogP contribution in [0.3, 0.4) is 0 Å². The van der Waals surface area contributed by atoms with Gasteiger partial charge in [0, 0.05) is 18.4 Å². The molecule has 0 saturated heterocycles. The summed E-state index contributed by atoms with van der Waals surface area (Å²) in [4.78, 5) is 12.5. The number of carbonyl (C=O) groups excluding carboxylic acids is 1. The number of carbonyl (C=O) groups is 1. The van der Waals surface area contributed by atoms with E-state index in [9.17, 15) is 4.79 Å². The van der Waals surface area contributed by atoms with Crippen molar-refractivity contribution in [2.45, 2.75) is 19.8 Å². The summed E-state index contributed by atoms with van der Waals surface area (Å²) in [6.45, 7) is 2.45. The molecule has 1 atom stereocenters. The Morgan fingerprint density at radius 3 is 2.50 bits per heavy atom. The summed E-state index contributed by atoms with van der Waals surface area (Å²) in [5.41, 5.74) is 8.11. The van der Waals surface area contributed by atoms with Crippen LogP contribution in [-0.4, -0.2) is 17.4 Å². The van der Waals surface area contributed by atoms with Crippen LogP contribution < -0.4 is 11.1 Å². The summed E-state index contributed by atoms with van der Waals surface area (Å²) in [5.74, 6) is 0.211. The van der Waals surface area contributed by atoms with E-state index in [2.05, 4.69) is 17.4 Å². The molecule has 1 aliphatic rings. The van der Waals surface area contributed by atoms with Crippen molar-refractivity contribution in [3.8, 4) is 0 Å². The summed E-state index contributed by atoms with van der Waals surface area (Å²) in [5, 5.41) is 2.93. The largest absolute Gasteiger partial charge is 0.393 e. The predicted molar refractivity (Wildman–Crippen MR) is 76.3 cm³/mol. The van der Waals surface area contributed by atoms with Gasteiger partial charge in [-0.05, 0) is 24.0 Å². The third kappa shape index (κ3) is 2.88. The van der Waals surface area contributed by atoms with Gasteiger partial charge >= 0.3 is 0 Å². The first-order chi connectivity index (χ1) is 8.58. The van der Waals surface area contributed by atoms with Gasteiger partial charge in [0.05, 0.1) is 4.99 Å². The molecule has 3 N–H and O–H groups in total. The van der Waals surface area contributed by atoms with Gasteiger partial charge in [-0.25, -0.2) is 0 Å². The van der Waals surface area contributed by atoms with Gasteiger partial charge in [-0.2, -0.15) is 0 Å². The number of nitrogens with two attached hydrogens (primary N) is 1. The molecule has 4 heteroatoms. The van der Waals surface area contributed by atoms with E-state index in [0.717, 1.165) is 12.8 Å². The van der Waals surface area contributed by atoms with Gasteiger partial charge < -0.3 is 11.1 Å². The molecule has 3 nitrogen and oxygen atoms in total. The molecule has 96 valence electrons. The Labute approximate surface area is 113 Å². The monoisotopic (exact) mass is 262 g/mol. The normalized spacial score (nSPS) is 16.1. The maximum Gasteiger partial charge on any atom is 0.223 e. The molecule has 0 heterocycles. The number of benzene rings is 1. The summed E-state index contributed by atoms with van der Waals surface area (Å²) in [7, 11) is 0. The molecule has 1 aliphatic carbocycles. The number of amides is 1. The number of rotatable bonds is 4. The van der Waals surface area contributed by atoms with Crippen LogP contribution >= 0.6 is 12.2 Å². The van der Waals surface area contributed by atoms with E-state index in [1.54, 1.807) is 0 Å². The molecule has 1 aromatic carbocycles. The highest BCUT2D eigenvalue weighted by atomic mass is 32.1. The lowest BCUT2D eigenvalue weighted by Crippen LogP contribution is -2.37. The third-order valence-electron chi connectivity index (χ3n) is 3.49. The zero-order valence-electron chi connectivity index (χ0n) is 10.5. The lowest BCUT2D eigenvalue weighted by Gasteiger charge is -2.14. The van der Waals surface area contributed by atoms with Crippen LogP contribution in [0, 0.1) is 11.8 Å². The average Bonchev–Trinajstić information content (AvgIpc) is 2.79. The molecule has 2 rings (SSSR count). The predicted octanol–water partition coefficient (Wildman–Crippen LogP) is 1.44. The molecule has 0 spiro atoms. The van der Waals surface area contributed by atoms with Gasteiger partial charge in [-0.3, -0.25) is 4.79 Å².